The summed E-state index contributed by atoms with van der Waals surface area (Å²) in [5, 5.41) is 15.0. The second-order valence-electron chi connectivity index (χ2n) is 32.0. The van der Waals surface area contributed by atoms with Crippen LogP contribution in [-0.4, -0.2) is 134 Å². The van der Waals surface area contributed by atoms with Crippen molar-refractivity contribution >= 4 is 49.6 Å². The Bertz CT molecular complexity index is 4190. The van der Waals surface area contributed by atoms with E-state index in [9.17, 15) is 43.5 Å². The molecule has 12 atom stereocenters. The number of esters is 2. The molecule has 8 fully saturated rings. The number of aromatic hydroxyl groups is 1. The number of aryl methyl sites for hydroxylation is 1. The van der Waals surface area contributed by atoms with Crippen LogP contribution >= 0.6 is 0 Å². The van der Waals surface area contributed by atoms with Crippen molar-refractivity contribution < 1.29 is 113 Å². The number of aromatic amines is 2. The SMILES string of the molecule is COc1c(C[C@H](CC(=O)C(NC(=O)c2c[nH]ccc2=O)c2ncc(C)cc2F)B2OC3C[C@@H]4C[C@@H](C4(C)C)[C@]3(C)O2)cccc1C(=O)OC(C)(C)C.COc1c(C[C@H](CC(=O)C(NC(=O)c2c[nH]ccc2=O)c2ncc(O)cc2F)B2OC3C[C@@H]4C[C@@H](C4(C)C)[C@]3(C)O2)cccc1C(=O)OC(C)(C)C.O.O.[HH].[Pd]. The van der Waals surface area contributed by atoms with Gasteiger partial charge in [0.2, 0.25) is 0 Å². The van der Waals surface area contributed by atoms with Gasteiger partial charge in [-0.2, -0.15) is 0 Å². The zero-order chi connectivity index (χ0) is 75.5. The van der Waals surface area contributed by atoms with Crippen LogP contribution in [0.2, 0.25) is 11.6 Å². The third-order valence-corrected chi connectivity index (χ3v) is 22.2. The summed E-state index contributed by atoms with van der Waals surface area (Å²) >= 11 is 0. The van der Waals surface area contributed by atoms with Crippen molar-refractivity contribution in [3.63, 3.8) is 0 Å². The van der Waals surface area contributed by atoms with E-state index in [2.05, 4.69) is 72.1 Å². The van der Waals surface area contributed by atoms with Crippen molar-refractivity contribution in [2.45, 2.75) is 200 Å². The number of carbonyl (C=O) groups excluding carboxylic acids is 6. The van der Waals surface area contributed by atoms with Gasteiger partial charge in [-0.15, -0.1) is 0 Å². The first kappa shape index (κ1) is 84.3. The van der Waals surface area contributed by atoms with Gasteiger partial charge in [-0.3, -0.25) is 38.7 Å². The van der Waals surface area contributed by atoms with E-state index in [1.54, 1.807) is 84.9 Å². The average molecular weight is 1580 g/mol. The minimum absolute atomic E-state index is 0. The van der Waals surface area contributed by atoms with Crippen LogP contribution < -0.4 is 31.0 Å². The maximum absolute atomic E-state index is 15.5. The molecule has 2 saturated heterocycles. The summed E-state index contributed by atoms with van der Waals surface area (Å²) in [5.41, 5.74) is -2.92. The maximum Gasteiger partial charge on any atom is 0.461 e. The van der Waals surface area contributed by atoms with Crippen LogP contribution in [0.4, 0.5) is 8.78 Å². The molecule has 9 N–H and O–H groups in total. The van der Waals surface area contributed by atoms with Crippen LogP contribution in [0.3, 0.4) is 0 Å². The Morgan fingerprint density at radius 1 is 0.617 bits per heavy atom. The van der Waals surface area contributed by atoms with Crippen LogP contribution in [0.5, 0.6) is 17.2 Å². The molecule has 6 heterocycles. The largest absolute Gasteiger partial charge is 0.506 e. The second-order valence-corrected chi connectivity index (χ2v) is 32.0. The first-order valence-electron chi connectivity index (χ1n) is 35.3. The number of aromatic nitrogens is 4. The van der Waals surface area contributed by atoms with Crippen molar-refractivity contribution in [3.05, 3.63) is 180 Å². The van der Waals surface area contributed by atoms with E-state index in [0.717, 1.165) is 44.0 Å². The minimum atomic E-state index is -1.66. The molecule has 6 saturated carbocycles. The topological polar surface area (TPSA) is 375 Å². The summed E-state index contributed by atoms with van der Waals surface area (Å²) < 4.78 is 80.8. The molecule has 2 aromatic carbocycles. The molecule has 107 heavy (non-hydrogen) atoms. The first-order valence-corrected chi connectivity index (χ1v) is 35.3. The maximum atomic E-state index is 15.5. The number of nitrogens with one attached hydrogen (secondary N) is 4. The molecule has 6 aliphatic carbocycles. The fourth-order valence-electron chi connectivity index (χ4n) is 16.6. The van der Waals surface area contributed by atoms with Gasteiger partial charge in [0, 0.05) is 95.5 Å². The van der Waals surface area contributed by atoms with Crippen LogP contribution in [0.25, 0.3) is 0 Å². The number of Topliss-reactive ketones (excluding diaryl/α,β-unsaturated/α-hetero) is 2. The van der Waals surface area contributed by atoms with Gasteiger partial charge in [-0.05, 0) is 170 Å². The molecule has 580 valence electrons. The standard InChI is InChI=1S/C39H47BFN3O8.C38H45BFN3O9.2H2O.Pd.H2/c1-21-14-27(41)32(43-19-21)33(44-35(47)26-20-42-13-12-28(26)45)29(46)18-24(40-51-31-17-23-16-30(38(23,5)6)39(31,7)52-40)15-22-10-9-11-25(34(22)49-8)36(48)50-37(2,3)4;1-36(2,3)50-35(48)24-10-8-9-20(33(24)49-7)13-22(39-51-30-15-21-14-29(37(21,4)5)38(30,6)52-39)16-28(46)32(31-26(40)17-23(44)18-42-31)43-34(47)25-19-41-12-11-27(25)45;;;;/h9-14,19-20,23-24,30-31,33H,15-18H2,1-8H3,(H,42,45)(H,44,47);8-12,17-19,21-22,29-30,32,44H,13-16H2,1-7H3,(H,41,45)(H,43,47);2*1H2;;1H/t23-,24+,30-,31?,33?,39-;21-,22+,29-,30?,32?,38-;;;;/m00..../s1. The van der Waals surface area contributed by atoms with E-state index < -0.39 is 130 Å². The van der Waals surface area contributed by atoms with E-state index in [1.807, 2.05) is 0 Å². The molecule has 6 aromatic rings. The zero-order valence-corrected chi connectivity index (χ0v) is 64.3. The third kappa shape index (κ3) is 17.2. The number of ether oxygens (including phenoxy) is 4. The molecule has 30 heteroatoms. The van der Waals surface area contributed by atoms with Gasteiger partial charge in [0.05, 0.1) is 43.8 Å². The van der Waals surface area contributed by atoms with E-state index in [1.165, 1.54) is 57.3 Å². The number of ketones is 2. The zero-order valence-electron chi connectivity index (χ0n) is 62.8. The average Bonchev–Trinajstić information content (AvgIpc) is 1.42. The predicted octanol–water partition coefficient (Wildman–Crippen LogP) is 9.90. The number of amides is 2. The van der Waals surface area contributed by atoms with Gasteiger partial charge in [0.15, 0.2) is 28.2 Å². The van der Waals surface area contributed by atoms with Crippen LogP contribution in [0.15, 0.2) is 107 Å². The number of hydrogen-bond donors (Lipinski definition) is 5. The van der Waals surface area contributed by atoms with Gasteiger partial charge in [0.25, 0.3) is 11.8 Å². The summed E-state index contributed by atoms with van der Waals surface area (Å²) in [5.74, 6) is -5.86. The number of nitrogens with zero attached hydrogens (tertiary/aromatic N) is 2. The smallest absolute Gasteiger partial charge is 0.461 e. The monoisotopic (exact) mass is 1580 g/mol. The number of pyridine rings is 4. The number of benzene rings is 2. The van der Waals surface area contributed by atoms with Gasteiger partial charge in [-0.1, -0.05) is 52.0 Å². The summed E-state index contributed by atoms with van der Waals surface area (Å²) in [6.07, 6.45) is 10.5. The third-order valence-electron chi connectivity index (χ3n) is 22.2. The molecular formula is C77H98B2F2N6O19Pd. The molecule has 4 unspecified atom stereocenters. The normalized spacial score (nSPS) is 23.6. The number of halogens is 2. The molecular weight excluding hydrogens is 1480 g/mol. The molecule has 2 amide bonds. The Kier molecular flexibility index (Phi) is 25.6. The minimum Gasteiger partial charge on any atom is -0.506 e. The fraction of sp³-hybridized carbons (Fsp3) is 0.506. The van der Waals surface area contributed by atoms with Crippen LogP contribution in [-0.2, 0) is 70.9 Å². The molecule has 0 spiro atoms. The van der Waals surface area contributed by atoms with E-state index >= 15 is 8.78 Å². The van der Waals surface area contributed by atoms with E-state index in [4.69, 9.17) is 37.6 Å². The number of H-pyrrole nitrogens is 2. The molecule has 4 aromatic heterocycles. The number of rotatable bonds is 22. The van der Waals surface area contributed by atoms with Crippen LogP contribution in [0.1, 0.15) is 205 Å². The first-order chi connectivity index (χ1) is 48.8. The Morgan fingerprint density at radius 2 is 1.01 bits per heavy atom. The molecule has 25 nitrogen and oxygen atoms in total. The predicted molar refractivity (Wildman–Crippen MR) is 389 cm³/mol. The van der Waals surface area contributed by atoms with Crippen molar-refractivity contribution in [1.29, 1.82) is 0 Å². The van der Waals surface area contributed by atoms with Crippen LogP contribution in [0, 0.1) is 53.1 Å². The van der Waals surface area contributed by atoms with Crippen molar-refractivity contribution in [2.24, 2.45) is 34.5 Å². The van der Waals surface area contributed by atoms with Gasteiger partial charge in [0.1, 0.15) is 80.0 Å². The van der Waals surface area contributed by atoms with Crippen molar-refractivity contribution in [3.8, 4) is 17.2 Å². The number of carbonyl (C=O) groups is 6. The van der Waals surface area contributed by atoms with Crippen molar-refractivity contribution in [2.75, 3.05) is 14.2 Å². The Hall–Kier alpha value is -8.33. The molecule has 14 rings (SSSR count). The van der Waals surface area contributed by atoms with Gasteiger partial charge in [-0.25, -0.2) is 18.4 Å². The van der Waals surface area contributed by atoms with E-state index in [0.29, 0.717) is 34.3 Å². The quantitative estimate of drug-likeness (QED) is 0.0311. The number of para-hydroxylation sites is 2. The number of methoxy groups -OCH3 is 2. The summed E-state index contributed by atoms with van der Waals surface area (Å²) in [6.45, 7) is 25.4. The fourth-order valence-corrected chi connectivity index (χ4v) is 16.6. The van der Waals surface area contributed by atoms with E-state index in [-0.39, 0.29) is 127 Å². The molecule has 4 bridgehead atoms. The molecule has 2 aliphatic heterocycles. The molecule has 0 radical (unpaired) electrons. The molecule has 8 aliphatic rings. The summed E-state index contributed by atoms with van der Waals surface area (Å²) in [7, 11) is 1.16. The summed E-state index contributed by atoms with van der Waals surface area (Å²) in [4.78, 5) is 121. The Balaban J connectivity index is 0.000000290. The number of hydrogen-bond acceptors (Lipinski definition) is 19. The summed E-state index contributed by atoms with van der Waals surface area (Å²) in [6, 6.07) is 11.4. The van der Waals surface area contributed by atoms with Crippen molar-refractivity contribution in [1.82, 2.24) is 30.6 Å². The van der Waals surface area contributed by atoms with Gasteiger partial charge >= 0.3 is 26.2 Å². The Morgan fingerprint density at radius 3 is 1.36 bits per heavy atom. The Labute approximate surface area is 635 Å². The second kappa shape index (κ2) is 32.5. The van der Waals surface area contributed by atoms with Gasteiger partial charge < -0.3 is 74.2 Å².